The second-order valence-electron chi connectivity index (χ2n) is 5.84. The molecule has 0 saturated heterocycles. The summed E-state index contributed by atoms with van der Waals surface area (Å²) in [5.74, 6) is 1.40. The molecule has 1 aliphatic heterocycles. The number of hydrogen-bond acceptors (Lipinski definition) is 4. The Morgan fingerprint density at radius 3 is 2.74 bits per heavy atom. The summed E-state index contributed by atoms with van der Waals surface area (Å²) in [6.45, 7) is 1.93. The molecule has 2 aromatic rings. The minimum Gasteiger partial charge on any atom is -0.490 e. The van der Waals surface area contributed by atoms with Gasteiger partial charge in [-0.05, 0) is 24.3 Å². The highest BCUT2D eigenvalue weighted by molar-refractivity contribution is 6.33. The molecule has 0 spiro atoms. The Bertz CT molecular complexity index is 841. The van der Waals surface area contributed by atoms with Crippen molar-refractivity contribution in [1.82, 2.24) is 5.32 Å². The van der Waals surface area contributed by atoms with Gasteiger partial charge in [-0.2, -0.15) is 0 Å². The molecule has 3 rings (SSSR count). The molecule has 0 radical (unpaired) electrons. The third-order valence-electron chi connectivity index (χ3n) is 3.82. The summed E-state index contributed by atoms with van der Waals surface area (Å²) in [6, 6.07) is 12.4. The second-order valence-corrected chi connectivity index (χ2v) is 6.25. The van der Waals surface area contributed by atoms with E-state index in [1.807, 2.05) is 18.2 Å². The van der Waals surface area contributed by atoms with Crippen molar-refractivity contribution in [2.24, 2.45) is 10.7 Å². The molecular weight excluding hydrogens is 368 g/mol. The highest BCUT2D eigenvalue weighted by atomic mass is 35.5. The van der Waals surface area contributed by atoms with Crippen LogP contribution in [0.25, 0.3) is 0 Å². The first-order chi connectivity index (χ1) is 13.1. The van der Waals surface area contributed by atoms with Gasteiger partial charge in [0, 0.05) is 24.7 Å². The highest BCUT2D eigenvalue weighted by Crippen LogP contribution is 2.32. The van der Waals surface area contributed by atoms with Crippen LogP contribution in [0.4, 0.5) is 5.69 Å². The van der Waals surface area contributed by atoms with Gasteiger partial charge in [-0.15, -0.1) is 0 Å². The van der Waals surface area contributed by atoms with Crippen LogP contribution in [0.15, 0.2) is 47.5 Å². The number of hydrogen-bond donors (Lipinski definition) is 3. The lowest BCUT2D eigenvalue weighted by atomic mass is 10.2. The minimum atomic E-state index is -0.245. The van der Waals surface area contributed by atoms with Crippen molar-refractivity contribution in [2.45, 2.75) is 6.42 Å². The number of rotatable bonds is 5. The monoisotopic (exact) mass is 388 g/mol. The van der Waals surface area contributed by atoms with Gasteiger partial charge in [0.25, 0.3) is 5.91 Å². The van der Waals surface area contributed by atoms with Gasteiger partial charge in [0.2, 0.25) is 0 Å². The Morgan fingerprint density at radius 1 is 1.15 bits per heavy atom. The van der Waals surface area contributed by atoms with Crippen molar-refractivity contribution in [3.8, 4) is 11.5 Å². The Hall–Kier alpha value is -2.93. The number of ether oxygens (including phenoxy) is 2. The Morgan fingerprint density at radius 2 is 1.93 bits per heavy atom. The zero-order chi connectivity index (χ0) is 19.1. The highest BCUT2D eigenvalue weighted by Gasteiger charge is 2.11. The van der Waals surface area contributed by atoms with Crippen LogP contribution in [-0.4, -0.2) is 38.2 Å². The van der Waals surface area contributed by atoms with Crippen LogP contribution in [0.1, 0.15) is 16.8 Å². The molecule has 0 atom stereocenters. The Kier molecular flexibility index (Phi) is 6.38. The van der Waals surface area contributed by atoms with Crippen LogP contribution in [0.2, 0.25) is 5.02 Å². The van der Waals surface area contributed by atoms with Crippen molar-refractivity contribution in [3.63, 3.8) is 0 Å². The molecule has 0 aliphatic carbocycles. The van der Waals surface area contributed by atoms with E-state index in [0.717, 1.165) is 17.9 Å². The molecule has 0 bridgehead atoms. The van der Waals surface area contributed by atoms with Gasteiger partial charge in [0.05, 0.1) is 30.3 Å². The lowest BCUT2D eigenvalue weighted by molar-refractivity contribution is 0.0955. The van der Waals surface area contributed by atoms with Crippen molar-refractivity contribution in [2.75, 3.05) is 31.6 Å². The van der Waals surface area contributed by atoms with Gasteiger partial charge in [-0.25, -0.2) is 0 Å². The summed E-state index contributed by atoms with van der Waals surface area (Å²) >= 11 is 6.00. The normalized spacial score (nSPS) is 13.6. The van der Waals surface area contributed by atoms with E-state index in [4.69, 9.17) is 26.8 Å². The quantitative estimate of drug-likeness (QED) is 0.415. The molecule has 0 aromatic heterocycles. The van der Waals surface area contributed by atoms with Crippen molar-refractivity contribution in [3.05, 3.63) is 53.1 Å². The standard InChI is InChI=1S/C19H21ClN4O3/c20-15-5-2-1-4-14(15)18(25)22-8-9-23-19(21)24-13-6-7-16-17(12-13)27-11-3-10-26-16/h1-2,4-7,12H,3,8-11H2,(H,22,25)(H3,21,23,24). The third kappa shape index (κ3) is 5.27. The first-order valence-electron chi connectivity index (χ1n) is 8.63. The van der Waals surface area contributed by atoms with Crippen LogP contribution in [0.3, 0.4) is 0 Å². The number of carbonyl (C=O) groups excluding carboxylic acids is 1. The average Bonchev–Trinajstić information content (AvgIpc) is 2.90. The summed E-state index contributed by atoms with van der Waals surface area (Å²) in [7, 11) is 0. The topological polar surface area (TPSA) is 98.0 Å². The van der Waals surface area contributed by atoms with Crippen molar-refractivity contribution < 1.29 is 14.3 Å². The number of benzene rings is 2. The molecule has 1 amide bonds. The smallest absolute Gasteiger partial charge is 0.252 e. The van der Waals surface area contributed by atoms with Crippen LogP contribution in [0.5, 0.6) is 11.5 Å². The first-order valence-corrected chi connectivity index (χ1v) is 9.00. The number of halogens is 1. The molecule has 8 heteroatoms. The number of nitrogens with two attached hydrogens (primary N) is 1. The molecule has 142 valence electrons. The predicted octanol–water partition coefficient (Wildman–Crippen LogP) is 2.66. The van der Waals surface area contributed by atoms with Gasteiger partial charge in [-0.1, -0.05) is 23.7 Å². The van der Waals surface area contributed by atoms with Crippen LogP contribution >= 0.6 is 11.6 Å². The molecule has 2 aromatic carbocycles. The van der Waals surface area contributed by atoms with Crippen LogP contribution in [0, 0.1) is 0 Å². The first kappa shape index (κ1) is 18.8. The van der Waals surface area contributed by atoms with Gasteiger partial charge >= 0.3 is 0 Å². The summed E-state index contributed by atoms with van der Waals surface area (Å²) in [5.41, 5.74) is 7.08. The number of aliphatic imine (C=N–C) groups is 1. The van der Waals surface area contributed by atoms with E-state index in [9.17, 15) is 4.79 Å². The number of carbonyl (C=O) groups is 1. The van der Waals surface area contributed by atoms with E-state index in [1.54, 1.807) is 24.3 Å². The van der Waals surface area contributed by atoms with E-state index in [0.29, 0.717) is 42.6 Å². The van der Waals surface area contributed by atoms with Crippen molar-refractivity contribution in [1.29, 1.82) is 0 Å². The molecule has 4 N–H and O–H groups in total. The molecule has 1 aliphatic rings. The summed E-state index contributed by atoms with van der Waals surface area (Å²) < 4.78 is 11.2. The number of guanidine groups is 1. The fourth-order valence-corrected chi connectivity index (χ4v) is 2.74. The number of amides is 1. The van der Waals surface area contributed by atoms with Gasteiger partial charge in [0.1, 0.15) is 0 Å². The van der Waals surface area contributed by atoms with E-state index >= 15 is 0 Å². The lowest BCUT2D eigenvalue weighted by Gasteiger charge is -2.11. The predicted molar refractivity (Wildman–Crippen MR) is 106 cm³/mol. The molecule has 1 heterocycles. The molecule has 7 nitrogen and oxygen atoms in total. The Balaban J connectivity index is 1.49. The van der Waals surface area contributed by atoms with E-state index < -0.39 is 0 Å². The van der Waals surface area contributed by atoms with Gasteiger partial charge < -0.3 is 25.8 Å². The molecule has 27 heavy (non-hydrogen) atoms. The second kappa shape index (κ2) is 9.14. The fraction of sp³-hybridized carbons (Fsp3) is 0.263. The third-order valence-corrected chi connectivity index (χ3v) is 4.15. The summed E-state index contributed by atoms with van der Waals surface area (Å²) in [4.78, 5) is 16.3. The maximum Gasteiger partial charge on any atom is 0.252 e. The Labute approximate surface area is 162 Å². The summed E-state index contributed by atoms with van der Waals surface area (Å²) in [5, 5.41) is 6.17. The molecule has 0 fully saturated rings. The average molecular weight is 389 g/mol. The van der Waals surface area contributed by atoms with Gasteiger partial charge in [0.15, 0.2) is 17.5 Å². The van der Waals surface area contributed by atoms with E-state index in [2.05, 4.69) is 15.6 Å². The zero-order valence-corrected chi connectivity index (χ0v) is 15.5. The molecule has 0 saturated carbocycles. The SMILES string of the molecule is NC(=NCCNC(=O)c1ccccc1Cl)Nc1ccc2c(c1)OCCCO2. The van der Waals surface area contributed by atoms with E-state index in [-0.39, 0.29) is 11.9 Å². The minimum absolute atomic E-state index is 0.245. The lowest BCUT2D eigenvalue weighted by Crippen LogP contribution is -2.28. The number of nitrogens with zero attached hydrogens (tertiary/aromatic N) is 1. The zero-order valence-electron chi connectivity index (χ0n) is 14.7. The van der Waals surface area contributed by atoms with Crippen molar-refractivity contribution >= 4 is 29.2 Å². The van der Waals surface area contributed by atoms with Crippen LogP contribution < -0.4 is 25.8 Å². The largest absolute Gasteiger partial charge is 0.490 e. The number of nitrogens with one attached hydrogen (secondary N) is 2. The van der Waals surface area contributed by atoms with E-state index in [1.165, 1.54) is 0 Å². The summed E-state index contributed by atoms with van der Waals surface area (Å²) in [6.07, 6.45) is 0.848. The molecular formula is C19H21ClN4O3. The number of fused-ring (bicyclic) bond motifs is 1. The fourth-order valence-electron chi connectivity index (χ4n) is 2.51. The van der Waals surface area contributed by atoms with Crippen LogP contribution in [-0.2, 0) is 0 Å². The molecule has 0 unspecified atom stereocenters. The van der Waals surface area contributed by atoms with Gasteiger partial charge in [-0.3, -0.25) is 9.79 Å². The number of anilines is 1. The maximum absolute atomic E-state index is 12.0. The maximum atomic E-state index is 12.0.